The van der Waals surface area contributed by atoms with E-state index >= 15 is 0 Å². The molecular weight excluding hydrogens is 254 g/mol. The Morgan fingerprint density at radius 1 is 1.28 bits per heavy atom. The molecule has 0 bridgehead atoms. The van der Waals surface area contributed by atoms with E-state index in [1.54, 1.807) is 38.1 Å². The van der Waals surface area contributed by atoms with Gasteiger partial charge >= 0.3 is 0 Å². The lowest BCUT2D eigenvalue weighted by atomic mass is 10.3. The van der Waals surface area contributed by atoms with Crippen LogP contribution in [0.4, 0.5) is 5.69 Å². The van der Waals surface area contributed by atoms with Crippen molar-refractivity contribution in [3.05, 3.63) is 30.6 Å². The van der Waals surface area contributed by atoms with Crippen molar-refractivity contribution in [2.45, 2.75) is 19.1 Å². The first-order valence-corrected chi connectivity index (χ1v) is 6.89. The number of rotatable bonds is 4. The smallest absolute Gasteiger partial charge is 0.235 e. The van der Waals surface area contributed by atoms with Crippen molar-refractivity contribution in [2.24, 2.45) is 0 Å². The maximum atomic E-state index is 11.8. The van der Waals surface area contributed by atoms with Crippen LogP contribution in [0.25, 0.3) is 5.69 Å². The molecule has 0 spiro atoms. The van der Waals surface area contributed by atoms with Gasteiger partial charge < -0.3 is 0 Å². The van der Waals surface area contributed by atoms with E-state index in [2.05, 4.69) is 20.2 Å². The maximum Gasteiger partial charge on any atom is 0.235 e. The summed E-state index contributed by atoms with van der Waals surface area (Å²) in [4.78, 5) is 0. The van der Waals surface area contributed by atoms with Gasteiger partial charge in [-0.1, -0.05) is 12.1 Å². The third-order valence-electron chi connectivity index (χ3n) is 2.37. The van der Waals surface area contributed by atoms with E-state index in [-0.39, 0.29) is 0 Å². The van der Waals surface area contributed by atoms with Gasteiger partial charge in [-0.3, -0.25) is 4.72 Å². The van der Waals surface area contributed by atoms with Crippen molar-refractivity contribution in [3.8, 4) is 5.69 Å². The second-order valence-electron chi connectivity index (χ2n) is 3.97. The first kappa shape index (κ1) is 12.5. The van der Waals surface area contributed by atoms with Crippen LogP contribution >= 0.6 is 0 Å². The number of tetrazole rings is 1. The van der Waals surface area contributed by atoms with Crippen molar-refractivity contribution in [2.75, 3.05) is 4.72 Å². The summed E-state index contributed by atoms with van der Waals surface area (Å²) < 4.78 is 27.6. The van der Waals surface area contributed by atoms with Gasteiger partial charge in [-0.2, -0.15) is 4.68 Å². The molecule has 2 rings (SSSR count). The first-order valence-electron chi connectivity index (χ1n) is 5.35. The Balaban J connectivity index is 2.41. The topological polar surface area (TPSA) is 89.8 Å². The largest absolute Gasteiger partial charge is 0.281 e. The molecule has 7 nitrogen and oxygen atoms in total. The molecule has 1 aromatic heterocycles. The van der Waals surface area contributed by atoms with Gasteiger partial charge in [0.1, 0.15) is 6.33 Å². The highest BCUT2D eigenvalue weighted by atomic mass is 32.2. The molecule has 0 amide bonds. The Kier molecular flexibility index (Phi) is 3.28. The molecule has 1 aromatic carbocycles. The number of aromatic nitrogens is 4. The molecule has 0 saturated heterocycles. The van der Waals surface area contributed by atoms with Crippen molar-refractivity contribution in [3.63, 3.8) is 0 Å². The Labute approximate surface area is 105 Å². The highest BCUT2D eigenvalue weighted by Crippen LogP contribution is 2.20. The number of para-hydroxylation sites is 2. The highest BCUT2D eigenvalue weighted by Gasteiger charge is 2.17. The summed E-state index contributed by atoms with van der Waals surface area (Å²) in [5.41, 5.74) is 1.02. The minimum atomic E-state index is -3.40. The van der Waals surface area contributed by atoms with Crippen LogP contribution in [-0.2, 0) is 10.0 Å². The predicted molar refractivity (Wildman–Crippen MR) is 66.8 cm³/mol. The van der Waals surface area contributed by atoms with Crippen molar-refractivity contribution in [1.29, 1.82) is 0 Å². The van der Waals surface area contributed by atoms with Crippen molar-refractivity contribution in [1.82, 2.24) is 20.2 Å². The number of nitrogens with zero attached hydrogens (tertiary/aromatic N) is 4. The summed E-state index contributed by atoms with van der Waals surface area (Å²) in [7, 11) is -3.40. The molecule has 0 aliphatic heterocycles. The summed E-state index contributed by atoms with van der Waals surface area (Å²) in [6.07, 6.45) is 1.41. The molecule has 0 fully saturated rings. The van der Waals surface area contributed by atoms with E-state index < -0.39 is 15.3 Å². The normalized spacial score (nSPS) is 11.7. The zero-order chi connectivity index (χ0) is 13.2. The zero-order valence-corrected chi connectivity index (χ0v) is 10.8. The number of nitrogens with one attached hydrogen (secondary N) is 1. The van der Waals surface area contributed by atoms with Crippen LogP contribution in [-0.4, -0.2) is 33.9 Å². The Hall–Kier alpha value is -1.96. The minimum Gasteiger partial charge on any atom is -0.281 e. The molecule has 8 heteroatoms. The minimum absolute atomic E-state index is 0.443. The molecule has 0 unspecified atom stereocenters. The van der Waals surface area contributed by atoms with Gasteiger partial charge in [-0.05, 0) is 36.4 Å². The number of sulfonamides is 1. The van der Waals surface area contributed by atoms with E-state index in [4.69, 9.17) is 0 Å². The predicted octanol–water partition coefficient (Wildman–Crippen LogP) is 0.812. The molecule has 0 atom stereocenters. The lowest BCUT2D eigenvalue weighted by Crippen LogP contribution is -2.23. The fourth-order valence-electron chi connectivity index (χ4n) is 1.30. The number of hydrogen-bond acceptors (Lipinski definition) is 5. The number of hydrogen-bond donors (Lipinski definition) is 1. The van der Waals surface area contributed by atoms with Crippen molar-refractivity contribution >= 4 is 15.7 Å². The molecule has 18 heavy (non-hydrogen) atoms. The Morgan fingerprint density at radius 3 is 2.61 bits per heavy atom. The average Bonchev–Trinajstić information content (AvgIpc) is 2.82. The fraction of sp³-hybridized carbons (Fsp3) is 0.300. The number of benzene rings is 1. The molecular formula is C10H13N5O2S. The highest BCUT2D eigenvalue weighted by molar-refractivity contribution is 7.93. The van der Waals surface area contributed by atoms with Gasteiger partial charge in [0, 0.05) is 0 Å². The van der Waals surface area contributed by atoms with Crippen LogP contribution in [0.2, 0.25) is 0 Å². The van der Waals surface area contributed by atoms with Gasteiger partial charge in [0.05, 0.1) is 16.6 Å². The monoisotopic (exact) mass is 267 g/mol. The van der Waals surface area contributed by atoms with E-state index in [1.807, 2.05) is 0 Å². The molecule has 0 aliphatic rings. The Morgan fingerprint density at radius 2 is 2.00 bits per heavy atom. The van der Waals surface area contributed by atoms with Crippen LogP contribution in [0.3, 0.4) is 0 Å². The van der Waals surface area contributed by atoms with Crippen LogP contribution in [0.5, 0.6) is 0 Å². The van der Waals surface area contributed by atoms with Gasteiger partial charge in [-0.25, -0.2) is 8.42 Å². The maximum absolute atomic E-state index is 11.8. The summed E-state index contributed by atoms with van der Waals surface area (Å²) in [5.74, 6) is 0. The molecule has 0 aliphatic carbocycles. The van der Waals surface area contributed by atoms with Crippen molar-refractivity contribution < 1.29 is 8.42 Å². The fourth-order valence-corrected chi connectivity index (χ4v) is 2.02. The third-order valence-corrected chi connectivity index (χ3v) is 4.12. The Bertz CT molecular complexity index is 621. The van der Waals surface area contributed by atoms with Crippen LogP contribution in [0.1, 0.15) is 13.8 Å². The number of anilines is 1. The van der Waals surface area contributed by atoms with Crippen LogP contribution < -0.4 is 4.72 Å². The summed E-state index contributed by atoms with van der Waals surface area (Å²) >= 11 is 0. The SMILES string of the molecule is CC(C)S(=O)(=O)Nc1ccccc1-n1cnnn1. The summed E-state index contributed by atoms with van der Waals surface area (Å²) in [6.45, 7) is 3.23. The summed E-state index contributed by atoms with van der Waals surface area (Å²) in [6, 6.07) is 6.92. The van der Waals surface area contributed by atoms with E-state index in [1.165, 1.54) is 11.0 Å². The van der Waals surface area contributed by atoms with E-state index in [9.17, 15) is 8.42 Å². The van der Waals surface area contributed by atoms with Gasteiger partial charge in [-0.15, -0.1) is 5.10 Å². The zero-order valence-electron chi connectivity index (χ0n) is 9.98. The molecule has 2 aromatic rings. The second-order valence-corrected chi connectivity index (χ2v) is 6.20. The quantitative estimate of drug-likeness (QED) is 0.885. The van der Waals surface area contributed by atoms with E-state index in [0.717, 1.165) is 0 Å². The third kappa shape index (κ3) is 2.48. The van der Waals surface area contributed by atoms with E-state index in [0.29, 0.717) is 11.4 Å². The molecule has 0 radical (unpaired) electrons. The summed E-state index contributed by atoms with van der Waals surface area (Å²) in [5, 5.41) is 10.3. The molecule has 0 saturated carbocycles. The van der Waals surface area contributed by atoms with Gasteiger partial charge in [0.15, 0.2) is 0 Å². The first-order chi connectivity index (χ1) is 8.50. The van der Waals surface area contributed by atoms with Crippen LogP contribution in [0.15, 0.2) is 30.6 Å². The van der Waals surface area contributed by atoms with Gasteiger partial charge in [0.2, 0.25) is 10.0 Å². The lowest BCUT2D eigenvalue weighted by molar-refractivity contribution is 0.592. The lowest BCUT2D eigenvalue weighted by Gasteiger charge is -2.13. The standard InChI is InChI=1S/C10H13N5O2S/c1-8(2)18(16,17)12-9-5-3-4-6-10(9)15-7-11-13-14-15/h3-8,12H,1-2H3. The van der Waals surface area contributed by atoms with Crippen LogP contribution in [0, 0.1) is 0 Å². The average molecular weight is 267 g/mol. The second kappa shape index (κ2) is 4.73. The van der Waals surface area contributed by atoms with Gasteiger partial charge in [0.25, 0.3) is 0 Å². The molecule has 96 valence electrons. The molecule has 1 heterocycles. The molecule has 1 N–H and O–H groups in total.